The van der Waals surface area contributed by atoms with Crippen molar-refractivity contribution in [2.45, 2.75) is 19.3 Å². The van der Waals surface area contributed by atoms with Gasteiger partial charge in [0.05, 0.1) is 7.11 Å². The average molecular weight is 219 g/mol. The lowest BCUT2D eigenvalue weighted by Crippen LogP contribution is -2.12. The first kappa shape index (κ1) is 11.0. The zero-order valence-corrected chi connectivity index (χ0v) is 9.82. The first-order valence-corrected chi connectivity index (χ1v) is 5.61. The van der Waals surface area contributed by atoms with Crippen molar-refractivity contribution in [2.24, 2.45) is 0 Å². The molecule has 0 N–H and O–H groups in total. The molecule has 86 valence electrons. The van der Waals surface area contributed by atoms with E-state index in [1.54, 1.807) is 7.11 Å². The number of anilines is 1. The summed E-state index contributed by atoms with van der Waals surface area (Å²) in [5.41, 5.74) is 3.68. The highest BCUT2D eigenvalue weighted by Gasteiger charge is 2.21. The number of benzene rings is 1. The number of hydrogen-bond acceptors (Lipinski definition) is 3. The molecule has 0 saturated carbocycles. The second kappa shape index (κ2) is 4.56. The molecule has 0 fully saturated rings. The summed E-state index contributed by atoms with van der Waals surface area (Å²) in [6.07, 6.45) is 3.32. The molecule has 3 nitrogen and oxygen atoms in total. The molecule has 1 aliphatic rings. The number of aryl methyl sites for hydroxylation is 1. The number of likely N-dealkylation sites (N-methyl/N-ethyl adjacent to an activating group) is 1. The van der Waals surface area contributed by atoms with E-state index in [-0.39, 0.29) is 0 Å². The fourth-order valence-electron chi connectivity index (χ4n) is 2.33. The van der Waals surface area contributed by atoms with E-state index in [9.17, 15) is 4.79 Å². The average Bonchev–Trinajstić information content (AvgIpc) is 2.68. The van der Waals surface area contributed by atoms with Crippen molar-refractivity contribution in [2.75, 3.05) is 25.6 Å². The van der Waals surface area contributed by atoms with Gasteiger partial charge in [-0.25, -0.2) is 0 Å². The Hall–Kier alpha value is -1.51. The van der Waals surface area contributed by atoms with Crippen molar-refractivity contribution in [1.29, 1.82) is 0 Å². The summed E-state index contributed by atoms with van der Waals surface area (Å²) in [6, 6.07) is 4.20. The van der Waals surface area contributed by atoms with Crippen LogP contribution in [0.15, 0.2) is 12.1 Å². The first-order chi connectivity index (χ1) is 7.77. The number of hydrogen-bond donors (Lipinski definition) is 0. The van der Waals surface area contributed by atoms with Gasteiger partial charge >= 0.3 is 0 Å². The van der Waals surface area contributed by atoms with Crippen molar-refractivity contribution >= 4 is 12.0 Å². The van der Waals surface area contributed by atoms with Gasteiger partial charge in [0.2, 0.25) is 0 Å². The molecule has 0 radical (unpaired) electrons. The van der Waals surface area contributed by atoms with Gasteiger partial charge < -0.3 is 14.4 Å². The molecule has 1 aliphatic heterocycles. The third-order valence-corrected chi connectivity index (χ3v) is 3.16. The summed E-state index contributed by atoms with van der Waals surface area (Å²) in [5.74, 6) is 0.976. The maximum atomic E-state index is 10.4. The Morgan fingerprint density at radius 2 is 2.31 bits per heavy atom. The zero-order valence-electron chi connectivity index (χ0n) is 9.82. The number of carbonyl (C=O) groups is 1. The molecule has 0 spiro atoms. The summed E-state index contributed by atoms with van der Waals surface area (Å²) in [6.45, 7) is 1.04. The van der Waals surface area contributed by atoms with Gasteiger partial charge in [0, 0.05) is 31.3 Å². The van der Waals surface area contributed by atoms with Crippen LogP contribution >= 0.6 is 0 Å². The summed E-state index contributed by atoms with van der Waals surface area (Å²) in [7, 11) is 3.80. The Morgan fingerprint density at radius 1 is 1.50 bits per heavy atom. The molecule has 0 saturated heterocycles. The summed E-state index contributed by atoms with van der Waals surface area (Å²) >= 11 is 0. The minimum absolute atomic E-state index is 0.561. The van der Waals surface area contributed by atoms with Crippen molar-refractivity contribution in [1.82, 2.24) is 0 Å². The first-order valence-electron chi connectivity index (χ1n) is 5.61. The van der Waals surface area contributed by atoms with Gasteiger partial charge in [0.15, 0.2) is 0 Å². The van der Waals surface area contributed by atoms with Crippen molar-refractivity contribution in [3.05, 3.63) is 23.3 Å². The van der Waals surface area contributed by atoms with Crippen LogP contribution in [0.4, 0.5) is 5.69 Å². The third kappa shape index (κ3) is 1.77. The van der Waals surface area contributed by atoms with Crippen LogP contribution in [0.2, 0.25) is 0 Å². The largest absolute Gasteiger partial charge is 0.496 e. The van der Waals surface area contributed by atoms with E-state index in [2.05, 4.69) is 24.1 Å². The van der Waals surface area contributed by atoms with E-state index < -0.39 is 0 Å². The van der Waals surface area contributed by atoms with Crippen molar-refractivity contribution in [3.63, 3.8) is 0 Å². The Bertz CT molecular complexity index is 401. The molecule has 0 unspecified atom stereocenters. The molecule has 1 aromatic carbocycles. The van der Waals surface area contributed by atoms with Crippen molar-refractivity contribution in [3.8, 4) is 5.75 Å². The van der Waals surface area contributed by atoms with Gasteiger partial charge in [-0.3, -0.25) is 0 Å². The number of methoxy groups -OCH3 is 1. The monoisotopic (exact) mass is 219 g/mol. The molecule has 16 heavy (non-hydrogen) atoms. The predicted octanol–water partition coefficient (Wildman–Crippen LogP) is 1.82. The quantitative estimate of drug-likeness (QED) is 0.723. The van der Waals surface area contributed by atoms with E-state index >= 15 is 0 Å². The number of carbonyl (C=O) groups excluding carboxylic acids is 1. The van der Waals surface area contributed by atoms with Gasteiger partial charge in [-0.15, -0.1) is 0 Å². The van der Waals surface area contributed by atoms with Gasteiger partial charge in [0.1, 0.15) is 12.0 Å². The van der Waals surface area contributed by atoms with Crippen LogP contribution in [0.5, 0.6) is 5.75 Å². The molecular weight excluding hydrogens is 202 g/mol. The maximum Gasteiger partial charge on any atom is 0.127 e. The van der Waals surface area contributed by atoms with Crippen LogP contribution < -0.4 is 9.64 Å². The van der Waals surface area contributed by atoms with Crippen LogP contribution in [0, 0.1) is 0 Å². The minimum atomic E-state index is 0.561. The Kier molecular flexibility index (Phi) is 3.13. The van der Waals surface area contributed by atoms with Crippen LogP contribution in [0.1, 0.15) is 17.5 Å². The van der Waals surface area contributed by atoms with E-state index in [1.807, 2.05) is 0 Å². The standard InChI is InChI=1S/C13H17NO2/c1-14-8-7-11-12(14)6-5-10(4-3-9-15)13(11)16-2/h5-6,9H,3-4,7-8H2,1-2H3. The summed E-state index contributed by atoms with van der Waals surface area (Å²) in [4.78, 5) is 12.7. The fraction of sp³-hybridized carbons (Fsp3) is 0.462. The molecule has 0 atom stereocenters. The number of rotatable bonds is 4. The molecule has 0 amide bonds. The molecule has 0 aliphatic carbocycles. The summed E-state index contributed by atoms with van der Waals surface area (Å²) in [5, 5.41) is 0. The molecular formula is C13H17NO2. The Morgan fingerprint density at radius 3 is 3.00 bits per heavy atom. The minimum Gasteiger partial charge on any atom is -0.496 e. The fourth-order valence-corrected chi connectivity index (χ4v) is 2.33. The van der Waals surface area contributed by atoms with Gasteiger partial charge in [0.25, 0.3) is 0 Å². The van der Waals surface area contributed by atoms with Crippen LogP contribution in [0.25, 0.3) is 0 Å². The Balaban J connectivity index is 2.38. The van der Waals surface area contributed by atoms with Crippen molar-refractivity contribution < 1.29 is 9.53 Å². The highest BCUT2D eigenvalue weighted by atomic mass is 16.5. The van der Waals surface area contributed by atoms with Crippen LogP contribution in [-0.4, -0.2) is 27.0 Å². The zero-order chi connectivity index (χ0) is 11.5. The Labute approximate surface area is 96.0 Å². The molecule has 2 rings (SSSR count). The highest BCUT2D eigenvalue weighted by Crippen LogP contribution is 2.37. The van der Waals surface area contributed by atoms with Gasteiger partial charge in [-0.05, 0) is 24.5 Å². The number of ether oxygens (including phenoxy) is 1. The second-order valence-corrected chi connectivity index (χ2v) is 4.13. The number of fused-ring (bicyclic) bond motifs is 1. The normalized spacial score (nSPS) is 13.8. The second-order valence-electron chi connectivity index (χ2n) is 4.13. The van der Waals surface area contributed by atoms with E-state index in [1.165, 1.54) is 11.3 Å². The lowest BCUT2D eigenvalue weighted by Gasteiger charge is -2.15. The topological polar surface area (TPSA) is 29.5 Å². The van der Waals surface area contributed by atoms with Crippen LogP contribution in [0.3, 0.4) is 0 Å². The lowest BCUT2D eigenvalue weighted by molar-refractivity contribution is -0.107. The van der Waals surface area contributed by atoms with E-state index in [0.29, 0.717) is 6.42 Å². The lowest BCUT2D eigenvalue weighted by atomic mass is 10.0. The predicted molar refractivity (Wildman–Crippen MR) is 64.4 cm³/mol. The highest BCUT2D eigenvalue weighted by molar-refractivity contribution is 5.65. The number of nitrogens with zero attached hydrogens (tertiary/aromatic N) is 1. The smallest absolute Gasteiger partial charge is 0.127 e. The SMILES string of the molecule is COc1c(CCC=O)ccc2c1CCN2C. The summed E-state index contributed by atoms with van der Waals surface area (Å²) < 4.78 is 5.49. The molecule has 0 bridgehead atoms. The van der Waals surface area contributed by atoms with Gasteiger partial charge in [-0.2, -0.15) is 0 Å². The molecule has 1 aromatic rings. The van der Waals surface area contributed by atoms with Crippen LogP contribution in [-0.2, 0) is 17.6 Å². The maximum absolute atomic E-state index is 10.4. The molecule has 0 aromatic heterocycles. The molecule has 3 heteroatoms. The third-order valence-electron chi connectivity index (χ3n) is 3.16. The van der Waals surface area contributed by atoms with E-state index in [4.69, 9.17) is 4.74 Å². The van der Waals surface area contributed by atoms with Gasteiger partial charge in [-0.1, -0.05) is 6.07 Å². The molecule has 1 heterocycles. The van der Waals surface area contributed by atoms with E-state index in [0.717, 1.165) is 37.0 Å². The number of aldehydes is 1.